The summed E-state index contributed by atoms with van der Waals surface area (Å²) in [6, 6.07) is 2.12. The highest BCUT2D eigenvalue weighted by Gasteiger charge is 2.18. The normalized spacial score (nSPS) is 22.3. The van der Waals surface area contributed by atoms with Crippen LogP contribution in [0.2, 0.25) is 0 Å². The number of rotatable bonds is 1. The Kier molecular flexibility index (Phi) is 2.55. The number of ketones is 1. The van der Waals surface area contributed by atoms with Crippen molar-refractivity contribution < 1.29 is 4.79 Å². The molecule has 1 unspecified atom stereocenters. The van der Waals surface area contributed by atoms with Crippen molar-refractivity contribution in [1.29, 1.82) is 0 Å². The van der Waals surface area contributed by atoms with Gasteiger partial charge in [0.25, 0.3) is 0 Å². The van der Waals surface area contributed by atoms with Crippen molar-refractivity contribution in [3.05, 3.63) is 28.0 Å². The van der Waals surface area contributed by atoms with E-state index in [1.54, 1.807) is 11.3 Å². The Morgan fingerprint density at radius 2 is 2.21 bits per heavy atom. The molecule has 0 saturated carbocycles. The Morgan fingerprint density at radius 3 is 2.79 bits per heavy atom. The molecular weight excluding hydrogens is 192 g/mol. The fourth-order valence-electron chi connectivity index (χ4n) is 2.01. The summed E-state index contributed by atoms with van der Waals surface area (Å²) in [5, 5.41) is 2.09. The van der Waals surface area contributed by atoms with Gasteiger partial charge in [0, 0.05) is 11.3 Å². The second-order valence-corrected chi connectivity index (χ2v) is 5.16. The number of hydrogen-bond donors (Lipinski definition) is 0. The summed E-state index contributed by atoms with van der Waals surface area (Å²) in [5.41, 5.74) is 2.50. The lowest BCUT2D eigenvalue weighted by Crippen LogP contribution is -2.10. The Labute approximate surface area is 88.5 Å². The molecule has 0 radical (unpaired) electrons. The minimum Gasteiger partial charge on any atom is -0.295 e. The molecule has 2 heteroatoms. The molecule has 0 aliphatic heterocycles. The third-order valence-corrected chi connectivity index (χ3v) is 3.50. The molecule has 0 saturated heterocycles. The molecule has 2 rings (SSSR count). The van der Waals surface area contributed by atoms with Crippen LogP contribution in [0.25, 0.3) is 5.57 Å². The summed E-state index contributed by atoms with van der Waals surface area (Å²) in [4.78, 5) is 12.7. The first-order valence-corrected chi connectivity index (χ1v) is 5.82. The van der Waals surface area contributed by atoms with E-state index in [1.807, 2.05) is 6.08 Å². The Bertz CT molecular complexity index is 387. The zero-order chi connectivity index (χ0) is 10.1. The van der Waals surface area contributed by atoms with Crippen molar-refractivity contribution in [3.8, 4) is 0 Å². The smallest absolute Gasteiger partial charge is 0.156 e. The van der Waals surface area contributed by atoms with Gasteiger partial charge in [0.15, 0.2) is 5.78 Å². The number of thiophene rings is 1. The number of hydrogen-bond acceptors (Lipinski definition) is 2. The maximum Gasteiger partial charge on any atom is 0.156 e. The molecule has 1 aliphatic rings. The van der Waals surface area contributed by atoms with E-state index >= 15 is 0 Å². The van der Waals surface area contributed by atoms with Crippen LogP contribution in [0.3, 0.4) is 0 Å². The van der Waals surface area contributed by atoms with Gasteiger partial charge in [-0.05, 0) is 47.9 Å². The van der Waals surface area contributed by atoms with Crippen molar-refractivity contribution in [3.63, 3.8) is 0 Å². The first-order valence-electron chi connectivity index (χ1n) is 4.94. The van der Waals surface area contributed by atoms with E-state index in [4.69, 9.17) is 0 Å². The van der Waals surface area contributed by atoms with Gasteiger partial charge in [-0.15, -0.1) is 11.3 Å². The molecular formula is C12H14OS. The van der Waals surface area contributed by atoms with Crippen LogP contribution in [0.4, 0.5) is 0 Å². The molecule has 0 bridgehead atoms. The largest absolute Gasteiger partial charge is 0.295 e. The highest BCUT2D eigenvalue weighted by atomic mass is 32.1. The van der Waals surface area contributed by atoms with Gasteiger partial charge in [-0.25, -0.2) is 0 Å². The first-order chi connectivity index (χ1) is 6.66. The molecule has 1 aliphatic carbocycles. The predicted molar refractivity (Wildman–Crippen MR) is 60.4 cm³/mol. The topological polar surface area (TPSA) is 17.1 Å². The van der Waals surface area contributed by atoms with Crippen LogP contribution < -0.4 is 0 Å². The molecule has 1 aromatic heterocycles. The lowest BCUT2D eigenvalue weighted by atomic mass is 9.86. The first kappa shape index (κ1) is 9.66. The Morgan fingerprint density at radius 1 is 1.43 bits per heavy atom. The van der Waals surface area contributed by atoms with Crippen LogP contribution in [0.15, 0.2) is 17.5 Å². The Balaban J connectivity index is 2.35. The summed E-state index contributed by atoms with van der Waals surface area (Å²) in [6.45, 7) is 4.26. The summed E-state index contributed by atoms with van der Waals surface area (Å²) in [5.74, 6) is 0.783. The van der Waals surface area contributed by atoms with Crippen molar-refractivity contribution in [2.45, 2.75) is 26.7 Å². The number of carbonyl (C=O) groups excluding carboxylic acids is 1. The van der Waals surface area contributed by atoms with Crippen molar-refractivity contribution in [2.75, 3.05) is 0 Å². The van der Waals surface area contributed by atoms with Gasteiger partial charge < -0.3 is 0 Å². The van der Waals surface area contributed by atoms with Crippen LogP contribution in [-0.4, -0.2) is 5.78 Å². The summed E-state index contributed by atoms with van der Waals surface area (Å²) in [7, 11) is 0. The van der Waals surface area contributed by atoms with Crippen LogP contribution in [-0.2, 0) is 4.79 Å². The van der Waals surface area contributed by atoms with E-state index in [1.165, 1.54) is 16.0 Å². The van der Waals surface area contributed by atoms with E-state index in [2.05, 4.69) is 25.3 Å². The SMILES string of the molecule is Cc1sccc1C1=CC(=O)CC(C)C1. The average Bonchev–Trinajstić information content (AvgIpc) is 2.49. The van der Waals surface area contributed by atoms with E-state index in [-0.39, 0.29) is 5.78 Å². The van der Waals surface area contributed by atoms with Gasteiger partial charge in [0.2, 0.25) is 0 Å². The lowest BCUT2D eigenvalue weighted by molar-refractivity contribution is -0.115. The van der Waals surface area contributed by atoms with E-state index in [9.17, 15) is 4.79 Å². The van der Waals surface area contributed by atoms with E-state index in [0.717, 1.165) is 6.42 Å². The van der Waals surface area contributed by atoms with Gasteiger partial charge >= 0.3 is 0 Å². The molecule has 1 heterocycles. The van der Waals surface area contributed by atoms with Crippen LogP contribution in [0, 0.1) is 12.8 Å². The molecule has 0 fully saturated rings. The maximum absolute atomic E-state index is 11.4. The number of aryl methyl sites for hydroxylation is 1. The van der Waals surface area contributed by atoms with Gasteiger partial charge in [0.05, 0.1) is 0 Å². The molecule has 0 spiro atoms. The number of carbonyl (C=O) groups is 1. The second-order valence-electron chi connectivity index (χ2n) is 4.04. The highest BCUT2D eigenvalue weighted by molar-refractivity contribution is 7.10. The van der Waals surface area contributed by atoms with Crippen LogP contribution in [0.1, 0.15) is 30.2 Å². The van der Waals surface area contributed by atoms with Crippen molar-refractivity contribution in [1.82, 2.24) is 0 Å². The van der Waals surface area contributed by atoms with Crippen molar-refractivity contribution in [2.24, 2.45) is 5.92 Å². The maximum atomic E-state index is 11.4. The van der Waals surface area contributed by atoms with Gasteiger partial charge in [-0.2, -0.15) is 0 Å². The molecule has 1 nitrogen and oxygen atoms in total. The van der Waals surface area contributed by atoms with Gasteiger partial charge in [0.1, 0.15) is 0 Å². The summed E-state index contributed by atoms with van der Waals surface area (Å²) < 4.78 is 0. The third kappa shape index (κ3) is 1.80. The highest BCUT2D eigenvalue weighted by Crippen LogP contribution is 2.32. The monoisotopic (exact) mass is 206 g/mol. The fourth-order valence-corrected chi connectivity index (χ4v) is 2.74. The summed E-state index contributed by atoms with van der Waals surface area (Å²) >= 11 is 1.75. The van der Waals surface area contributed by atoms with E-state index in [0.29, 0.717) is 12.3 Å². The minimum atomic E-state index is 0.282. The predicted octanol–water partition coefficient (Wildman–Crippen LogP) is 3.44. The van der Waals surface area contributed by atoms with Crippen LogP contribution in [0.5, 0.6) is 0 Å². The standard InChI is InChI=1S/C12H14OS/c1-8-5-10(7-11(13)6-8)12-3-4-14-9(12)2/h3-4,7-8H,5-6H2,1-2H3. The van der Waals surface area contributed by atoms with Crippen LogP contribution >= 0.6 is 11.3 Å². The zero-order valence-electron chi connectivity index (χ0n) is 8.54. The molecule has 1 atom stereocenters. The second kappa shape index (κ2) is 3.70. The van der Waals surface area contributed by atoms with Gasteiger partial charge in [-0.1, -0.05) is 6.92 Å². The minimum absolute atomic E-state index is 0.282. The van der Waals surface area contributed by atoms with Crippen molar-refractivity contribution >= 4 is 22.7 Å². The fraction of sp³-hybridized carbons (Fsp3) is 0.417. The molecule has 1 aromatic rings. The lowest BCUT2D eigenvalue weighted by Gasteiger charge is -2.18. The molecule has 74 valence electrons. The third-order valence-electron chi connectivity index (χ3n) is 2.66. The molecule has 14 heavy (non-hydrogen) atoms. The average molecular weight is 206 g/mol. The number of allylic oxidation sites excluding steroid dienone is 2. The molecule has 0 N–H and O–H groups in total. The zero-order valence-corrected chi connectivity index (χ0v) is 9.36. The molecule has 0 amide bonds. The van der Waals surface area contributed by atoms with E-state index < -0.39 is 0 Å². The Hall–Kier alpha value is -0.890. The summed E-state index contributed by atoms with van der Waals surface area (Å²) in [6.07, 6.45) is 3.59. The molecule has 0 aromatic carbocycles. The quantitative estimate of drug-likeness (QED) is 0.688. The van der Waals surface area contributed by atoms with Gasteiger partial charge in [-0.3, -0.25) is 4.79 Å².